The van der Waals surface area contributed by atoms with Crippen molar-refractivity contribution in [2.24, 2.45) is 0 Å². The summed E-state index contributed by atoms with van der Waals surface area (Å²) in [5, 5.41) is 3.89. The smallest absolute Gasteiger partial charge is 0.306 e. The van der Waals surface area contributed by atoms with Crippen molar-refractivity contribution in [3.05, 3.63) is 65.3 Å². The van der Waals surface area contributed by atoms with Crippen LogP contribution in [-0.4, -0.2) is 29.7 Å². The molecule has 6 nitrogen and oxygen atoms in total. The number of nitrogens with zero attached hydrogens (tertiary/aromatic N) is 1. The molecule has 0 radical (unpaired) electrons. The largest absolute Gasteiger partial charge is 0.493 e. The summed E-state index contributed by atoms with van der Waals surface area (Å²) in [4.78, 5) is 20.0. The van der Waals surface area contributed by atoms with Crippen LogP contribution in [0.1, 0.15) is 24.6 Å². The number of aromatic amines is 1. The number of aryl methyl sites for hydroxylation is 1. The summed E-state index contributed by atoms with van der Waals surface area (Å²) >= 11 is 1.50. The minimum Gasteiger partial charge on any atom is -0.493 e. The van der Waals surface area contributed by atoms with Crippen LogP contribution in [0.4, 0.5) is 0 Å². The molecule has 2 heterocycles. The predicted octanol–water partition coefficient (Wildman–Crippen LogP) is 5.37. The standard InChI is InChI=1S/C24H24N2O4S/c1-3-29-21-10-8-16(12-22(21)28-2)24-26-18(15-31-24)14-30-23(27)11-9-17-13-25-20-7-5-4-6-19(17)20/h4-8,10,12-13,15,25H,3,9,11,14H2,1-2H3. The first kappa shape index (κ1) is 20.9. The van der Waals surface area contributed by atoms with Gasteiger partial charge in [0.2, 0.25) is 0 Å². The van der Waals surface area contributed by atoms with Crippen LogP contribution < -0.4 is 9.47 Å². The van der Waals surface area contributed by atoms with E-state index in [1.807, 2.05) is 54.9 Å². The van der Waals surface area contributed by atoms with E-state index >= 15 is 0 Å². The number of esters is 1. The number of aromatic nitrogens is 2. The molecule has 0 bridgehead atoms. The van der Waals surface area contributed by atoms with Gasteiger partial charge in [-0.05, 0) is 43.2 Å². The third kappa shape index (κ3) is 4.88. The number of rotatable bonds is 9. The molecule has 0 fully saturated rings. The Hall–Kier alpha value is -3.32. The molecular formula is C24H24N2O4S. The fraction of sp³-hybridized carbons (Fsp3) is 0.250. The summed E-state index contributed by atoms with van der Waals surface area (Å²) in [6, 6.07) is 13.8. The Labute approximate surface area is 184 Å². The average molecular weight is 437 g/mol. The van der Waals surface area contributed by atoms with Crippen LogP contribution in [0.2, 0.25) is 0 Å². The number of carbonyl (C=O) groups is 1. The Morgan fingerprint density at radius 3 is 2.87 bits per heavy atom. The molecule has 1 N–H and O–H groups in total. The van der Waals surface area contributed by atoms with Gasteiger partial charge in [-0.3, -0.25) is 4.79 Å². The first-order chi connectivity index (χ1) is 15.2. The third-order valence-corrected chi connectivity index (χ3v) is 5.86. The van der Waals surface area contributed by atoms with E-state index in [-0.39, 0.29) is 12.6 Å². The number of thiazole rings is 1. The maximum atomic E-state index is 12.2. The molecule has 0 unspecified atom stereocenters. The lowest BCUT2D eigenvalue weighted by atomic mass is 10.1. The van der Waals surface area contributed by atoms with Crippen molar-refractivity contribution < 1.29 is 19.0 Å². The summed E-state index contributed by atoms with van der Waals surface area (Å²) in [5.41, 5.74) is 3.86. The molecule has 160 valence electrons. The molecule has 2 aromatic heterocycles. The minimum absolute atomic E-state index is 0.164. The number of hydrogen-bond donors (Lipinski definition) is 1. The van der Waals surface area contributed by atoms with Crippen molar-refractivity contribution in [1.82, 2.24) is 9.97 Å². The summed E-state index contributed by atoms with van der Waals surface area (Å²) < 4.78 is 16.4. The van der Waals surface area contributed by atoms with Crippen LogP contribution in [0, 0.1) is 0 Å². The molecule has 0 aliphatic carbocycles. The van der Waals surface area contributed by atoms with E-state index in [1.165, 1.54) is 11.3 Å². The van der Waals surface area contributed by atoms with Crippen molar-refractivity contribution in [3.63, 3.8) is 0 Å². The molecule has 2 aromatic carbocycles. The van der Waals surface area contributed by atoms with Gasteiger partial charge in [0.25, 0.3) is 0 Å². The van der Waals surface area contributed by atoms with Crippen LogP contribution in [0.3, 0.4) is 0 Å². The fourth-order valence-electron chi connectivity index (χ4n) is 3.38. The summed E-state index contributed by atoms with van der Waals surface area (Å²) in [6.07, 6.45) is 2.92. The number of nitrogens with one attached hydrogen (secondary N) is 1. The number of H-pyrrole nitrogens is 1. The number of ether oxygens (including phenoxy) is 3. The van der Waals surface area contributed by atoms with Crippen molar-refractivity contribution in [3.8, 4) is 22.1 Å². The van der Waals surface area contributed by atoms with Gasteiger partial charge in [0, 0.05) is 34.5 Å². The van der Waals surface area contributed by atoms with Crippen LogP contribution in [0.5, 0.6) is 11.5 Å². The topological polar surface area (TPSA) is 73.4 Å². The van der Waals surface area contributed by atoms with Crippen LogP contribution in [-0.2, 0) is 22.6 Å². The Balaban J connectivity index is 1.33. The monoisotopic (exact) mass is 436 g/mol. The lowest BCUT2D eigenvalue weighted by Gasteiger charge is -2.09. The minimum atomic E-state index is -0.234. The quantitative estimate of drug-likeness (QED) is 0.357. The molecule has 0 saturated heterocycles. The summed E-state index contributed by atoms with van der Waals surface area (Å²) in [5.74, 6) is 1.14. The van der Waals surface area contributed by atoms with Crippen LogP contribution in [0.15, 0.2) is 54.0 Å². The van der Waals surface area contributed by atoms with E-state index in [9.17, 15) is 4.79 Å². The van der Waals surface area contributed by atoms with Crippen LogP contribution in [0.25, 0.3) is 21.5 Å². The van der Waals surface area contributed by atoms with Crippen LogP contribution >= 0.6 is 11.3 Å². The highest BCUT2D eigenvalue weighted by Gasteiger charge is 2.12. The molecule has 0 aliphatic rings. The molecule has 0 aliphatic heterocycles. The van der Waals surface area contributed by atoms with Crippen molar-refractivity contribution in [1.29, 1.82) is 0 Å². The van der Waals surface area contributed by atoms with Gasteiger partial charge in [0.1, 0.15) is 11.6 Å². The number of carbonyl (C=O) groups excluding carboxylic acids is 1. The van der Waals surface area contributed by atoms with Gasteiger partial charge in [0.05, 0.1) is 19.4 Å². The van der Waals surface area contributed by atoms with E-state index in [4.69, 9.17) is 14.2 Å². The zero-order valence-corrected chi connectivity index (χ0v) is 18.3. The van der Waals surface area contributed by atoms with Gasteiger partial charge in [0.15, 0.2) is 11.5 Å². The number of para-hydroxylation sites is 1. The predicted molar refractivity (Wildman–Crippen MR) is 122 cm³/mol. The highest BCUT2D eigenvalue weighted by atomic mass is 32.1. The second-order valence-corrected chi connectivity index (χ2v) is 7.82. The summed E-state index contributed by atoms with van der Waals surface area (Å²) in [6.45, 7) is 2.67. The van der Waals surface area contributed by atoms with E-state index in [2.05, 4.69) is 16.0 Å². The molecule has 0 atom stereocenters. The van der Waals surface area contributed by atoms with Crippen molar-refractivity contribution in [2.45, 2.75) is 26.4 Å². The number of methoxy groups -OCH3 is 1. The maximum Gasteiger partial charge on any atom is 0.306 e. The molecule has 7 heteroatoms. The highest BCUT2D eigenvalue weighted by Crippen LogP contribution is 2.34. The van der Waals surface area contributed by atoms with Gasteiger partial charge >= 0.3 is 5.97 Å². The first-order valence-corrected chi connectivity index (χ1v) is 11.0. The molecule has 0 spiro atoms. The van der Waals surface area contributed by atoms with Gasteiger partial charge < -0.3 is 19.2 Å². The third-order valence-electron chi connectivity index (χ3n) is 4.92. The van der Waals surface area contributed by atoms with Crippen molar-refractivity contribution in [2.75, 3.05) is 13.7 Å². The highest BCUT2D eigenvalue weighted by molar-refractivity contribution is 7.13. The Kier molecular flexibility index (Phi) is 6.52. The second kappa shape index (κ2) is 9.66. The second-order valence-electron chi connectivity index (χ2n) is 6.96. The normalized spacial score (nSPS) is 10.9. The Morgan fingerprint density at radius 1 is 1.16 bits per heavy atom. The van der Waals surface area contributed by atoms with Crippen molar-refractivity contribution >= 4 is 28.2 Å². The molecule has 31 heavy (non-hydrogen) atoms. The zero-order chi connectivity index (χ0) is 21.6. The molecule has 4 aromatic rings. The summed E-state index contributed by atoms with van der Waals surface area (Å²) in [7, 11) is 1.62. The Bertz CT molecular complexity index is 1180. The molecule has 0 amide bonds. The number of benzene rings is 2. The molecule has 4 rings (SSSR count). The average Bonchev–Trinajstić information content (AvgIpc) is 3.44. The number of hydrogen-bond acceptors (Lipinski definition) is 6. The van der Waals surface area contributed by atoms with E-state index < -0.39 is 0 Å². The fourth-order valence-corrected chi connectivity index (χ4v) is 4.18. The number of fused-ring (bicyclic) bond motifs is 1. The molecular weight excluding hydrogens is 412 g/mol. The van der Waals surface area contributed by atoms with E-state index in [0.29, 0.717) is 30.9 Å². The Morgan fingerprint density at radius 2 is 2.03 bits per heavy atom. The first-order valence-electron chi connectivity index (χ1n) is 10.1. The SMILES string of the molecule is CCOc1ccc(-c2nc(COC(=O)CCc3c[nH]c4ccccc34)cs2)cc1OC. The van der Waals surface area contributed by atoms with E-state index in [0.717, 1.165) is 32.7 Å². The molecule has 0 saturated carbocycles. The lowest BCUT2D eigenvalue weighted by Crippen LogP contribution is -2.06. The van der Waals surface area contributed by atoms with Gasteiger partial charge in [-0.25, -0.2) is 4.98 Å². The van der Waals surface area contributed by atoms with Gasteiger partial charge in [-0.15, -0.1) is 11.3 Å². The van der Waals surface area contributed by atoms with E-state index in [1.54, 1.807) is 7.11 Å². The zero-order valence-electron chi connectivity index (χ0n) is 17.5. The van der Waals surface area contributed by atoms with Gasteiger partial charge in [-0.1, -0.05) is 18.2 Å². The van der Waals surface area contributed by atoms with Gasteiger partial charge in [-0.2, -0.15) is 0 Å². The maximum absolute atomic E-state index is 12.2. The lowest BCUT2D eigenvalue weighted by molar-refractivity contribution is -0.145.